The molecular weight excluding hydrogens is 292 g/mol. The Kier molecular flexibility index (Phi) is 6.02. The Morgan fingerprint density at radius 1 is 1.14 bits per heavy atom. The molecule has 0 spiro atoms. The first-order chi connectivity index (χ1) is 9.83. The summed E-state index contributed by atoms with van der Waals surface area (Å²) in [5.74, 6) is 0.406. The molecule has 0 atom stereocenters. The Hall–Kier alpha value is -1.76. The predicted octanol–water partition coefficient (Wildman–Crippen LogP) is 1.33. The number of likely N-dealkylation sites (N-methyl/N-ethyl adjacent to an activating group) is 1. The summed E-state index contributed by atoms with van der Waals surface area (Å²) in [5.41, 5.74) is 0.443. The fraction of sp³-hybridized carbons (Fsp3) is 0.500. The number of carbonyl (C=O) groups is 1. The lowest BCUT2D eigenvalue weighted by atomic mass is 10.3. The molecule has 1 aromatic carbocycles. The van der Waals surface area contributed by atoms with E-state index in [0.29, 0.717) is 24.5 Å². The summed E-state index contributed by atoms with van der Waals surface area (Å²) >= 11 is 0. The molecule has 0 aromatic heterocycles. The molecule has 7 heteroatoms. The van der Waals surface area contributed by atoms with E-state index in [4.69, 9.17) is 4.74 Å². The minimum atomic E-state index is -3.54. The zero-order valence-corrected chi connectivity index (χ0v) is 13.7. The molecule has 0 heterocycles. The largest absolute Gasteiger partial charge is 0.497 e. The summed E-state index contributed by atoms with van der Waals surface area (Å²) in [5, 5.41) is 0. The highest BCUT2D eigenvalue weighted by Gasteiger charge is 2.22. The van der Waals surface area contributed by atoms with E-state index >= 15 is 0 Å². The van der Waals surface area contributed by atoms with Crippen LogP contribution in [0.2, 0.25) is 0 Å². The van der Waals surface area contributed by atoms with E-state index in [2.05, 4.69) is 0 Å². The molecular formula is C14H22N2O4S. The number of carbonyl (C=O) groups excluding carboxylic acids is 1. The molecule has 0 saturated carbocycles. The van der Waals surface area contributed by atoms with E-state index in [0.717, 1.165) is 10.6 Å². The van der Waals surface area contributed by atoms with Gasteiger partial charge in [-0.1, -0.05) is 0 Å². The topological polar surface area (TPSA) is 66.9 Å². The smallest absolute Gasteiger partial charge is 0.243 e. The van der Waals surface area contributed by atoms with E-state index in [1.165, 1.54) is 7.11 Å². The Bertz CT molecular complexity index is 565. The number of anilines is 1. The third-order valence-corrected chi connectivity index (χ3v) is 4.30. The summed E-state index contributed by atoms with van der Waals surface area (Å²) in [6.07, 6.45) is 1.09. The molecule has 0 N–H and O–H groups in total. The lowest BCUT2D eigenvalue weighted by molar-refractivity contribution is -0.129. The fourth-order valence-electron chi connectivity index (χ4n) is 1.95. The first kappa shape index (κ1) is 17.3. The van der Waals surface area contributed by atoms with Crippen molar-refractivity contribution >= 4 is 21.6 Å². The van der Waals surface area contributed by atoms with Crippen LogP contribution in [0.25, 0.3) is 0 Å². The highest BCUT2D eigenvalue weighted by atomic mass is 32.2. The van der Waals surface area contributed by atoms with Crippen molar-refractivity contribution in [3.63, 3.8) is 0 Å². The van der Waals surface area contributed by atoms with E-state index in [9.17, 15) is 13.2 Å². The minimum Gasteiger partial charge on any atom is -0.497 e. The number of amides is 1. The molecule has 6 nitrogen and oxygen atoms in total. The number of sulfonamides is 1. The van der Waals surface area contributed by atoms with Crippen molar-refractivity contribution in [1.29, 1.82) is 0 Å². The van der Waals surface area contributed by atoms with Crippen LogP contribution >= 0.6 is 0 Å². The van der Waals surface area contributed by atoms with Crippen LogP contribution in [-0.2, 0) is 14.8 Å². The summed E-state index contributed by atoms with van der Waals surface area (Å²) in [6, 6.07) is 6.57. The molecule has 0 radical (unpaired) electrons. The summed E-state index contributed by atoms with van der Waals surface area (Å²) in [6.45, 7) is 4.62. The van der Waals surface area contributed by atoms with Crippen LogP contribution in [0.5, 0.6) is 5.75 Å². The Balaban J connectivity index is 3.04. The molecule has 0 aliphatic heterocycles. The zero-order chi connectivity index (χ0) is 16.0. The van der Waals surface area contributed by atoms with Gasteiger partial charge >= 0.3 is 0 Å². The number of ether oxygens (including phenoxy) is 1. The van der Waals surface area contributed by atoms with Gasteiger partial charge in [0.15, 0.2) is 0 Å². The average Bonchev–Trinajstić information content (AvgIpc) is 2.45. The predicted molar refractivity (Wildman–Crippen MR) is 83.1 cm³/mol. The van der Waals surface area contributed by atoms with Gasteiger partial charge in [0.25, 0.3) is 0 Å². The minimum absolute atomic E-state index is 0.202. The first-order valence-electron chi connectivity index (χ1n) is 6.73. The number of rotatable bonds is 7. The Morgan fingerprint density at radius 2 is 1.67 bits per heavy atom. The van der Waals surface area contributed by atoms with Gasteiger partial charge in [0.2, 0.25) is 15.9 Å². The van der Waals surface area contributed by atoms with Crippen molar-refractivity contribution in [3.8, 4) is 5.75 Å². The zero-order valence-electron chi connectivity index (χ0n) is 12.9. The van der Waals surface area contributed by atoms with Crippen LogP contribution in [0.4, 0.5) is 5.69 Å². The molecule has 118 valence electrons. The number of methoxy groups -OCH3 is 1. The third kappa shape index (κ3) is 4.63. The van der Waals surface area contributed by atoms with Gasteiger partial charge < -0.3 is 9.64 Å². The summed E-state index contributed by atoms with van der Waals surface area (Å²) in [7, 11) is -2.00. The molecule has 0 fully saturated rings. The van der Waals surface area contributed by atoms with Gasteiger partial charge in [0.1, 0.15) is 12.3 Å². The standard InChI is InChI=1S/C14H22N2O4S/c1-5-15(6-2)14(17)11-16(21(4,18)19)12-7-9-13(20-3)10-8-12/h7-10H,5-6,11H2,1-4H3. The Labute approximate surface area is 126 Å². The van der Waals surface area contributed by atoms with E-state index in [-0.39, 0.29) is 12.5 Å². The van der Waals surface area contributed by atoms with Crippen molar-refractivity contribution in [2.24, 2.45) is 0 Å². The molecule has 0 saturated heterocycles. The average molecular weight is 314 g/mol. The highest BCUT2D eigenvalue weighted by molar-refractivity contribution is 7.92. The van der Waals surface area contributed by atoms with Crippen molar-refractivity contribution in [2.45, 2.75) is 13.8 Å². The normalized spacial score (nSPS) is 11.0. The second kappa shape index (κ2) is 7.31. The molecule has 0 bridgehead atoms. The SMILES string of the molecule is CCN(CC)C(=O)CN(c1ccc(OC)cc1)S(C)(=O)=O. The van der Waals surface area contributed by atoms with Crippen molar-refractivity contribution in [3.05, 3.63) is 24.3 Å². The third-order valence-electron chi connectivity index (χ3n) is 3.16. The van der Waals surface area contributed by atoms with Gasteiger partial charge in [0, 0.05) is 13.1 Å². The monoisotopic (exact) mass is 314 g/mol. The quantitative estimate of drug-likeness (QED) is 0.761. The van der Waals surface area contributed by atoms with Crippen LogP contribution in [0.1, 0.15) is 13.8 Å². The van der Waals surface area contributed by atoms with Crippen LogP contribution < -0.4 is 9.04 Å². The van der Waals surface area contributed by atoms with E-state index < -0.39 is 10.0 Å². The van der Waals surface area contributed by atoms with Gasteiger partial charge in [0.05, 0.1) is 19.1 Å². The Morgan fingerprint density at radius 3 is 2.05 bits per heavy atom. The maximum atomic E-state index is 12.2. The molecule has 0 unspecified atom stereocenters. The van der Waals surface area contributed by atoms with Gasteiger partial charge in [-0.3, -0.25) is 9.10 Å². The van der Waals surface area contributed by atoms with Crippen LogP contribution in [-0.4, -0.2) is 52.2 Å². The second-order valence-electron chi connectivity index (χ2n) is 4.53. The molecule has 0 aliphatic carbocycles. The van der Waals surface area contributed by atoms with E-state index in [1.807, 2.05) is 13.8 Å². The van der Waals surface area contributed by atoms with Gasteiger partial charge in [-0.05, 0) is 38.1 Å². The number of hydrogen-bond donors (Lipinski definition) is 0. The lowest BCUT2D eigenvalue weighted by Gasteiger charge is -2.26. The maximum Gasteiger partial charge on any atom is 0.243 e. The van der Waals surface area contributed by atoms with Crippen LogP contribution in [0.3, 0.4) is 0 Å². The molecule has 1 rings (SSSR count). The lowest BCUT2D eigenvalue weighted by Crippen LogP contribution is -2.42. The summed E-state index contributed by atoms with van der Waals surface area (Å²) in [4.78, 5) is 13.8. The van der Waals surface area contributed by atoms with Crippen molar-refractivity contribution < 1.29 is 17.9 Å². The molecule has 1 amide bonds. The van der Waals surface area contributed by atoms with Crippen LogP contribution in [0.15, 0.2) is 24.3 Å². The first-order valence-corrected chi connectivity index (χ1v) is 8.57. The summed E-state index contributed by atoms with van der Waals surface area (Å²) < 4.78 is 30.0. The molecule has 21 heavy (non-hydrogen) atoms. The number of hydrogen-bond acceptors (Lipinski definition) is 4. The molecule has 1 aromatic rings. The van der Waals surface area contributed by atoms with E-state index in [1.54, 1.807) is 29.2 Å². The van der Waals surface area contributed by atoms with Crippen molar-refractivity contribution in [1.82, 2.24) is 4.90 Å². The van der Waals surface area contributed by atoms with Gasteiger partial charge in [-0.2, -0.15) is 0 Å². The highest BCUT2D eigenvalue weighted by Crippen LogP contribution is 2.21. The second-order valence-corrected chi connectivity index (χ2v) is 6.44. The van der Waals surface area contributed by atoms with Gasteiger partial charge in [-0.25, -0.2) is 8.42 Å². The maximum absolute atomic E-state index is 12.2. The molecule has 0 aliphatic rings. The van der Waals surface area contributed by atoms with Crippen LogP contribution in [0, 0.1) is 0 Å². The van der Waals surface area contributed by atoms with Crippen molar-refractivity contribution in [2.75, 3.05) is 37.3 Å². The fourth-order valence-corrected chi connectivity index (χ4v) is 2.80. The van der Waals surface area contributed by atoms with Gasteiger partial charge in [-0.15, -0.1) is 0 Å². The number of benzene rings is 1. The number of nitrogens with zero attached hydrogens (tertiary/aromatic N) is 2.